The number of nitrogens with zero attached hydrogens (tertiary/aromatic N) is 4. The van der Waals surface area contributed by atoms with E-state index in [4.69, 9.17) is 0 Å². The Morgan fingerprint density at radius 2 is 1.78 bits per heavy atom. The lowest BCUT2D eigenvalue weighted by molar-refractivity contribution is 0.583. The zero-order chi connectivity index (χ0) is 15.8. The third-order valence-corrected chi connectivity index (χ3v) is 4.38. The third-order valence-electron chi connectivity index (χ3n) is 4.38. The van der Waals surface area contributed by atoms with E-state index in [0.717, 1.165) is 16.9 Å². The molecule has 116 valence electrons. The lowest BCUT2D eigenvalue weighted by Gasteiger charge is -2.29. The van der Waals surface area contributed by atoms with Crippen molar-refractivity contribution < 1.29 is 4.39 Å². The lowest BCUT2D eigenvalue weighted by Crippen LogP contribution is -2.26. The van der Waals surface area contributed by atoms with Gasteiger partial charge in [0, 0.05) is 19.4 Å². The van der Waals surface area contributed by atoms with Crippen LogP contribution < -0.4 is 4.90 Å². The predicted octanol–water partition coefficient (Wildman–Crippen LogP) is 3.75. The van der Waals surface area contributed by atoms with Crippen LogP contribution in [0, 0.1) is 11.7 Å². The Morgan fingerprint density at radius 1 is 1.04 bits per heavy atom. The second kappa shape index (κ2) is 5.57. The van der Waals surface area contributed by atoms with Crippen LogP contribution in [-0.2, 0) is 0 Å². The summed E-state index contributed by atoms with van der Waals surface area (Å²) in [5.74, 6) is 1.24. The van der Waals surface area contributed by atoms with Gasteiger partial charge in [0.05, 0.1) is 6.04 Å². The SMILES string of the molecule is CN(c1ccc2nccnc2n1)C(c1ccc(F)cc1)C1CC1. The maximum atomic E-state index is 13.2. The fraction of sp³-hybridized carbons (Fsp3) is 0.278. The molecule has 0 amide bonds. The summed E-state index contributed by atoms with van der Waals surface area (Å²) in [7, 11) is 2.04. The standard InChI is InChI=1S/C18H17FN4/c1-23(16-9-8-15-18(22-16)21-11-10-20-15)17(12-2-3-12)13-4-6-14(19)7-5-13/h4-12,17H,2-3H2,1H3. The molecule has 2 aromatic heterocycles. The Morgan fingerprint density at radius 3 is 2.52 bits per heavy atom. The highest BCUT2D eigenvalue weighted by Gasteiger charge is 2.35. The van der Waals surface area contributed by atoms with Gasteiger partial charge in [0.25, 0.3) is 0 Å². The highest BCUT2D eigenvalue weighted by molar-refractivity contribution is 5.71. The van der Waals surface area contributed by atoms with Gasteiger partial charge in [-0.15, -0.1) is 0 Å². The zero-order valence-corrected chi connectivity index (χ0v) is 12.9. The average molecular weight is 308 g/mol. The summed E-state index contributed by atoms with van der Waals surface area (Å²) in [6.07, 6.45) is 5.70. The van der Waals surface area contributed by atoms with Crippen LogP contribution in [0.15, 0.2) is 48.8 Å². The molecule has 2 heterocycles. The van der Waals surface area contributed by atoms with Gasteiger partial charge in [-0.2, -0.15) is 0 Å². The number of hydrogen-bond acceptors (Lipinski definition) is 4. The van der Waals surface area contributed by atoms with E-state index in [1.54, 1.807) is 12.4 Å². The fourth-order valence-electron chi connectivity index (χ4n) is 3.07. The molecule has 1 unspecified atom stereocenters. The minimum atomic E-state index is -0.204. The van der Waals surface area contributed by atoms with Crippen molar-refractivity contribution in [1.82, 2.24) is 15.0 Å². The molecule has 1 fully saturated rings. The van der Waals surface area contributed by atoms with Gasteiger partial charge in [-0.3, -0.25) is 4.98 Å². The normalized spacial score (nSPS) is 15.6. The number of hydrogen-bond donors (Lipinski definition) is 0. The van der Waals surface area contributed by atoms with Crippen molar-refractivity contribution in [2.45, 2.75) is 18.9 Å². The summed E-state index contributed by atoms with van der Waals surface area (Å²) in [5.41, 5.74) is 2.55. The number of fused-ring (bicyclic) bond motifs is 1. The van der Waals surface area contributed by atoms with Crippen LogP contribution in [-0.4, -0.2) is 22.0 Å². The molecule has 5 heteroatoms. The second-order valence-electron chi connectivity index (χ2n) is 6.01. The van der Waals surface area contributed by atoms with Gasteiger partial charge in [-0.1, -0.05) is 12.1 Å². The maximum Gasteiger partial charge on any atom is 0.180 e. The summed E-state index contributed by atoms with van der Waals surface area (Å²) in [6.45, 7) is 0. The zero-order valence-electron chi connectivity index (χ0n) is 12.9. The van der Waals surface area contributed by atoms with Crippen LogP contribution >= 0.6 is 0 Å². The van der Waals surface area contributed by atoms with Crippen LogP contribution in [0.3, 0.4) is 0 Å². The molecule has 1 aliphatic carbocycles. The number of benzene rings is 1. The molecule has 0 N–H and O–H groups in total. The van der Waals surface area contributed by atoms with E-state index in [9.17, 15) is 4.39 Å². The molecule has 0 spiro atoms. The predicted molar refractivity (Wildman–Crippen MR) is 87.6 cm³/mol. The molecule has 1 aliphatic rings. The first-order valence-electron chi connectivity index (χ1n) is 7.78. The monoisotopic (exact) mass is 308 g/mol. The number of rotatable bonds is 4. The van der Waals surface area contributed by atoms with Crippen molar-refractivity contribution >= 4 is 17.0 Å². The Balaban J connectivity index is 1.71. The molecule has 3 aromatic rings. The van der Waals surface area contributed by atoms with Crippen LogP contribution in [0.4, 0.5) is 10.2 Å². The first kappa shape index (κ1) is 14.1. The topological polar surface area (TPSA) is 41.9 Å². The van der Waals surface area contributed by atoms with Gasteiger partial charge in [0.1, 0.15) is 17.2 Å². The number of aromatic nitrogens is 3. The summed E-state index contributed by atoms with van der Waals surface area (Å²) < 4.78 is 13.2. The molecule has 0 saturated heterocycles. The molecule has 4 nitrogen and oxygen atoms in total. The number of anilines is 1. The van der Waals surface area contributed by atoms with Gasteiger partial charge < -0.3 is 4.90 Å². The van der Waals surface area contributed by atoms with Crippen LogP contribution in [0.25, 0.3) is 11.2 Å². The first-order valence-corrected chi connectivity index (χ1v) is 7.78. The van der Waals surface area contributed by atoms with Crippen molar-refractivity contribution in [3.8, 4) is 0 Å². The molecular weight excluding hydrogens is 291 g/mol. The minimum absolute atomic E-state index is 0.204. The summed E-state index contributed by atoms with van der Waals surface area (Å²) in [5, 5.41) is 0. The van der Waals surface area contributed by atoms with E-state index < -0.39 is 0 Å². The van der Waals surface area contributed by atoms with E-state index in [1.165, 1.54) is 25.0 Å². The molecule has 4 rings (SSSR count). The fourth-order valence-corrected chi connectivity index (χ4v) is 3.07. The van der Waals surface area contributed by atoms with Gasteiger partial charge >= 0.3 is 0 Å². The maximum absolute atomic E-state index is 13.2. The van der Waals surface area contributed by atoms with Crippen molar-refractivity contribution in [1.29, 1.82) is 0 Å². The summed E-state index contributed by atoms with van der Waals surface area (Å²) in [4.78, 5) is 15.3. The number of pyridine rings is 1. The average Bonchev–Trinajstić information content (AvgIpc) is 3.41. The van der Waals surface area contributed by atoms with E-state index >= 15 is 0 Å². The smallest absolute Gasteiger partial charge is 0.180 e. The molecule has 0 radical (unpaired) electrons. The van der Waals surface area contributed by atoms with Crippen molar-refractivity contribution in [2.24, 2.45) is 5.92 Å². The molecule has 23 heavy (non-hydrogen) atoms. The van der Waals surface area contributed by atoms with Gasteiger partial charge in [-0.05, 0) is 48.6 Å². The Hall–Kier alpha value is -2.56. The first-order chi connectivity index (χ1) is 11.2. The van der Waals surface area contributed by atoms with Crippen molar-refractivity contribution in [3.63, 3.8) is 0 Å². The summed E-state index contributed by atoms with van der Waals surface area (Å²) >= 11 is 0. The molecule has 1 saturated carbocycles. The van der Waals surface area contributed by atoms with Gasteiger partial charge in [-0.25, -0.2) is 14.4 Å². The van der Waals surface area contributed by atoms with Crippen LogP contribution in [0.2, 0.25) is 0 Å². The molecule has 0 bridgehead atoms. The Kier molecular flexibility index (Phi) is 3.41. The molecular formula is C18H17FN4. The minimum Gasteiger partial charge on any atom is -0.352 e. The van der Waals surface area contributed by atoms with E-state index in [1.807, 2.05) is 31.3 Å². The van der Waals surface area contributed by atoms with Gasteiger partial charge in [0.15, 0.2) is 5.65 Å². The highest BCUT2D eigenvalue weighted by atomic mass is 19.1. The van der Waals surface area contributed by atoms with Gasteiger partial charge in [0.2, 0.25) is 0 Å². The molecule has 0 aliphatic heterocycles. The van der Waals surface area contributed by atoms with Crippen LogP contribution in [0.1, 0.15) is 24.4 Å². The summed E-state index contributed by atoms with van der Waals surface area (Å²) in [6, 6.07) is 10.9. The van der Waals surface area contributed by atoms with Crippen LogP contribution in [0.5, 0.6) is 0 Å². The molecule has 1 atom stereocenters. The largest absolute Gasteiger partial charge is 0.352 e. The van der Waals surface area contributed by atoms with Crippen molar-refractivity contribution in [2.75, 3.05) is 11.9 Å². The lowest BCUT2D eigenvalue weighted by atomic mass is 10.0. The van der Waals surface area contributed by atoms with E-state index in [2.05, 4.69) is 19.9 Å². The molecule has 1 aromatic carbocycles. The quantitative estimate of drug-likeness (QED) is 0.736. The van der Waals surface area contributed by atoms with Crippen molar-refractivity contribution in [3.05, 3.63) is 60.2 Å². The number of halogens is 1. The third kappa shape index (κ3) is 2.74. The van der Waals surface area contributed by atoms with E-state index in [0.29, 0.717) is 11.6 Å². The second-order valence-corrected chi connectivity index (χ2v) is 6.01. The highest BCUT2D eigenvalue weighted by Crippen LogP contribution is 2.45. The Bertz CT molecular complexity index is 830. The Labute approximate surface area is 134 Å². The van der Waals surface area contributed by atoms with E-state index in [-0.39, 0.29) is 11.9 Å².